The van der Waals surface area contributed by atoms with Crippen LogP contribution in [0.25, 0.3) is 17.0 Å². The van der Waals surface area contributed by atoms with Crippen LogP contribution in [-0.2, 0) is 16.1 Å². The first kappa shape index (κ1) is 22.1. The number of fused-ring (bicyclic) bond motifs is 2. The molecule has 0 spiro atoms. The number of carbonyl (C=O) groups is 1. The van der Waals surface area contributed by atoms with Gasteiger partial charge in [-0.25, -0.2) is 9.79 Å². The number of rotatable bonds is 5. The van der Waals surface area contributed by atoms with Crippen molar-refractivity contribution in [3.8, 4) is 0 Å². The number of hydrogen-bond donors (Lipinski definition) is 0. The molecule has 4 aromatic rings. The molecule has 172 valence electrons. The average molecular weight is 472 g/mol. The number of aromatic nitrogens is 2. The maximum absolute atomic E-state index is 13.8. The van der Waals surface area contributed by atoms with E-state index in [-0.39, 0.29) is 5.56 Å². The Bertz CT molecular complexity index is 1610. The summed E-state index contributed by atoms with van der Waals surface area (Å²) in [6.07, 6.45) is 4.58. The van der Waals surface area contributed by atoms with Gasteiger partial charge in [-0.15, -0.1) is 0 Å². The zero-order valence-corrected chi connectivity index (χ0v) is 20.1. The maximum Gasteiger partial charge on any atom is 0.338 e. The van der Waals surface area contributed by atoms with Gasteiger partial charge in [0, 0.05) is 29.2 Å². The summed E-state index contributed by atoms with van der Waals surface area (Å²) in [5.41, 5.74) is 3.87. The first-order chi connectivity index (χ1) is 16.6. The monoisotopic (exact) mass is 471 g/mol. The van der Waals surface area contributed by atoms with E-state index in [1.165, 1.54) is 18.4 Å². The Morgan fingerprint density at radius 3 is 2.56 bits per heavy atom. The van der Waals surface area contributed by atoms with E-state index in [0.29, 0.717) is 27.0 Å². The topological polar surface area (TPSA) is 65.6 Å². The van der Waals surface area contributed by atoms with E-state index in [2.05, 4.69) is 29.8 Å². The number of esters is 1. The van der Waals surface area contributed by atoms with E-state index in [9.17, 15) is 9.59 Å². The van der Waals surface area contributed by atoms with Crippen molar-refractivity contribution < 1.29 is 9.53 Å². The van der Waals surface area contributed by atoms with Crippen LogP contribution in [0.4, 0.5) is 0 Å². The van der Waals surface area contributed by atoms with Gasteiger partial charge in [0.1, 0.15) is 0 Å². The number of carbonyl (C=O) groups excluding carboxylic acids is 1. The van der Waals surface area contributed by atoms with E-state index < -0.39 is 12.0 Å². The van der Waals surface area contributed by atoms with Crippen molar-refractivity contribution >= 4 is 34.3 Å². The Balaban J connectivity index is 1.78. The van der Waals surface area contributed by atoms with Crippen LogP contribution >= 0.6 is 11.3 Å². The summed E-state index contributed by atoms with van der Waals surface area (Å²) < 4.78 is 9.51. The lowest BCUT2D eigenvalue weighted by Crippen LogP contribution is -2.40. The zero-order valence-electron chi connectivity index (χ0n) is 19.3. The van der Waals surface area contributed by atoms with Crippen LogP contribution in [0.5, 0.6) is 0 Å². The molecule has 3 heterocycles. The molecule has 0 saturated heterocycles. The summed E-state index contributed by atoms with van der Waals surface area (Å²) in [6, 6.07) is 17.2. The minimum Gasteiger partial charge on any atom is -0.466 e. The van der Waals surface area contributed by atoms with Gasteiger partial charge in [0.2, 0.25) is 0 Å². The second-order valence-corrected chi connectivity index (χ2v) is 9.10. The molecule has 0 bridgehead atoms. The molecule has 1 aliphatic heterocycles. The van der Waals surface area contributed by atoms with Crippen LogP contribution in [-0.4, -0.2) is 22.2 Å². The molecule has 0 N–H and O–H groups in total. The lowest BCUT2D eigenvalue weighted by atomic mass is 9.95. The fourth-order valence-corrected chi connectivity index (χ4v) is 5.62. The summed E-state index contributed by atoms with van der Waals surface area (Å²) in [6.45, 7) is 4.90. The third kappa shape index (κ3) is 3.53. The third-order valence-electron chi connectivity index (χ3n) is 6.21. The Morgan fingerprint density at radius 2 is 1.85 bits per heavy atom. The highest BCUT2D eigenvalue weighted by Crippen LogP contribution is 2.31. The van der Waals surface area contributed by atoms with Crippen molar-refractivity contribution in [2.45, 2.75) is 32.9 Å². The smallest absolute Gasteiger partial charge is 0.338 e. The second kappa shape index (κ2) is 8.91. The summed E-state index contributed by atoms with van der Waals surface area (Å²) in [7, 11) is 1.36. The molecule has 34 heavy (non-hydrogen) atoms. The molecule has 0 aliphatic carbocycles. The lowest BCUT2D eigenvalue weighted by Gasteiger charge is -2.25. The first-order valence-corrected chi connectivity index (χ1v) is 12.1. The average Bonchev–Trinajstić information content (AvgIpc) is 3.40. The molecule has 2 aromatic heterocycles. The van der Waals surface area contributed by atoms with Gasteiger partial charge in [-0.1, -0.05) is 66.8 Å². The number of aryl methyl sites for hydroxylation is 1. The Kier molecular flexibility index (Phi) is 5.79. The van der Waals surface area contributed by atoms with Crippen molar-refractivity contribution in [3.05, 3.63) is 103 Å². The summed E-state index contributed by atoms with van der Waals surface area (Å²) in [5, 5.41) is 1.10. The minimum absolute atomic E-state index is 0.164. The van der Waals surface area contributed by atoms with Gasteiger partial charge in [-0.3, -0.25) is 9.36 Å². The summed E-state index contributed by atoms with van der Waals surface area (Å²) in [5.74, 6) is -0.463. The molecular formula is C27H25N3O3S. The Labute approximate surface area is 200 Å². The first-order valence-electron chi connectivity index (χ1n) is 11.3. The van der Waals surface area contributed by atoms with Crippen molar-refractivity contribution in [1.29, 1.82) is 0 Å². The highest BCUT2D eigenvalue weighted by Gasteiger charge is 2.33. The van der Waals surface area contributed by atoms with Crippen molar-refractivity contribution in [2.75, 3.05) is 7.11 Å². The highest BCUT2D eigenvalue weighted by atomic mass is 32.1. The second-order valence-electron chi connectivity index (χ2n) is 8.09. The quantitative estimate of drug-likeness (QED) is 0.416. The molecule has 7 heteroatoms. The van der Waals surface area contributed by atoms with E-state index in [4.69, 9.17) is 9.73 Å². The minimum atomic E-state index is -0.584. The summed E-state index contributed by atoms with van der Waals surface area (Å²) in [4.78, 5) is 31.9. The van der Waals surface area contributed by atoms with E-state index in [1.54, 1.807) is 4.57 Å². The number of thiazole rings is 1. The molecule has 2 aromatic carbocycles. The Hall–Kier alpha value is -3.71. The zero-order chi connectivity index (χ0) is 23.8. The Morgan fingerprint density at radius 1 is 1.12 bits per heavy atom. The molecular weight excluding hydrogens is 446 g/mol. The number of nitrogens with zero attached hydrogens (tertiary/aromatic N) is 3. The number of allylic oxidation sites excluding steroid dienone is 1. The molecule has 0 radical (unpaired) electrons. The molecule has 0 fully saturated rings. The molecule has 1 aliphatic rings. The van der Waals surface area contributed by atoms with Gasteiger partial charge < -0.3 is 9.30 Å². The van der Waals surface area contributed by atoms with Crippen molar-refractivity contribution in [2.24, 2.45) is 4.99 Å². The lowest BCUT2D eigenvalue weighted by molar-refractivity contribution is -0.136. The number of ether oxygens (including phenoxy) is 1. The van der Waals surface area contributed by atoms with Crippen LogP contribution in [0.1, 0.15) is 37.4 Å². The molecule has 0 saturated carbocycles. The van der Waals surface area contributed by atoms with E-state index >= 15 is 0 Å². The van der Waals surface area contributed by atoms with Crippen molar-refractivity contribution in [1.82, 2.24) is 9.13 Å². The van der Waals surface area contributed by atoms with Crippen LogP contribution in [0.15, 0.2) is 81.9 Å². The van der Waals surface area contributed by atoms with E-state index in [0.717, 1.165) is 28.6 Å². The molecule has 1 atom stereocenters. The normalized spacial score (nSPS) is 16.0. The van der Waals surface area contributed by atoms with Gasteiger partial charge in [0.25, 0.3) is 5.56 Å². The highest BCUT2D eigenvalue weighted by molar-refractivity contribution is 7.07. The fraction of sp³-hybridized carbons (Fsp3) is 0.222. The molecule has 6 nitrogen and oxygen atoms in total. The van der Waals surface area contributed by atoms with Crippen LogP contribution in [0.2, 0.25) is 0 Å². The predicted octanol–water partition coefficient (Wildman–Crippen LogP) is 3.77. The van der Waals surface area contributed by atoms with Crippen LogP contribution in [0.3, 0.4) is 0 Å². The largest absolute Gasteiger partial charge is 0.466 e. The number of hydrogen-bond acceptors (Lipinski definition) is 5. The van der Waals surface area contributed by atoms with Crippen molar-refractivity contribution in [3.63, 3.8) is 0 Å². The van der Waals surface area contributed by atoms with Gasteiger partial charge in [0.05, 0.1) is 29.0 Å². The maximum atomic E-state index is 13.8. The van der Waals surface area contributed by atoms with Crippen LogP contribution < -0.4 is 14.9 Å². The van der Waals surface area contributed by atoms with Gasteiger partial charge in [-0.2, -0.15) is 0 Å². The number of benzene rings is 2. The van der Waals surface area contributed by atoms with Crippen LogP contribution in [0, 0.1) is 0 Å². The molecule has 5 rings (SSSR count). The third-order valence-corrected chi connectivity index (χ3v) is 7.20. The molecule has 0 unspecified atom stereocenters. The predicted molar refractivity (Wildman–Crippen MR) is 134 cm³/mol. The number of para-hydroxylation sites is 1. The number of methoxy groups -OCH3 is 1. The van der Waals surface area contributed by atoms with Gasteiger partial charge >= 0.3 is 5.97 Å². The standard InChI is InChI=1S/C27H25N3O3S/c1-4-20-23(26(32)33-3)24(17-11-7-6-8-12-17)30-25(31)22(34-27(30)28-20)15-18-16-29(5-2)21-14-10-9-13-19(18)21/h6-16,24H,4-5H2,1-3H3/b22-15+/t24-/m1/s1. The van der Waals surface area contributed by atoms with Gasteiger partial charge in [0.15, 0.2) is 4.80 Å². The summed E-state index contributed by atoms with van der Waals surface area (Å²) >= 11 is 1.35. The SMILES string of the molecule is CCC1=C(C(=O)OC)[C@@H](c2ccccc2)n2c(s/c(=C/c3cn(CC)c4ccccc34)c2=O)=N1. The fourth-order valence-electron chi connectivity index (χ4n) is 4.61. The van der Waals surface area contributed by atoms with Gasteiger partial charge in [-0.05, 0) is 31.1 Å². The van der Waals surface area contributed by atoms with E-state index in [1.807, 2.05) is 55.5 Å². The molecule has 0 amide bonds.